The summed E-state index contributed by atoms with van der Waals surface area (Å²) in [6, 6.07) is 4.31. The SMILES string of the molecule is C=CCNC(C#N)c1c(F)cccc1F. The van der Waals surface area contributed by atoms with Crippen LogP contribution in [0.4, 0.5) is 8.78 Å². The van der Waals surface area contributed by atoms with E-state index in [9.17, 15) is 8.78 Å². The Morgan fingerprint density at radius 3 is 2.53 bits per heavy atom. The zero-order chi connectivity index (χ0) is 11.3. The summed E-state index contributed by atoms with van der Waals surface area (Å²) < 4.78 is 26.5. The van der Waals surface area contributed by atoms with Crippen LogP contribution in [0.25, 0.3) is 0 Å². The number of halogens is 2. The average molecular weight is 208 g/mol. The lowest BCUT2D eigenvalue weighted by Gasteiger charge is -2.11. The molecule has 4 heteroatoms. The largest absolute Gasteiger partial charge is 0.295 e. The minimum absolute atomic E-state index is 0.248. The molecule has 1 unspecified atom stereocenters. The first kappa shape index (κ1) is 11.3. The average Bonchev–Trinajstić information content (AvgIpc) is 2.22. The number of rotatable bonds is 4. The summed E-state index contributed by atoms with van der Waals surface area (Å²) in [5.74, 6) is -1.45. The van der Waals surface area contributed by atoms with Gasteiger partial charge in [0.15, 0.2) is 0 Å². The molecule has 2 nitrogen and oxygen atoms in total. The van der Waals surface area contributed by atoms with E-state index >= 15 is 0 Å². The lowest BCUT2D eigenvalue weighted by molar-refractivity contribution is 0.524. The Labute approximate surface area is 86.8 Å². The first-order valence-electron chi connectivity index (χ1n) is 4.38. The van der Waals surface area contributed by atoms with Crippen LogP contribution in [-0.4, -0.2) is 6.54 Å². The molecule has 1 atom stereocenters. The van der Waals surface area contributed by atoms with E-state index in [4.69, 9.17) is 5.26 Å². The zero-order valence-electron chi connectivity index (χ0n) is 8.00. The maximum absolute atomic E-state index is 13.3. The van der Waals surface area contributed by atoms with Crippen molar-refractivity contribution in [2.24, 2.45) is 0 Å². The van der Waals surface area contributed by atoms with Gasteiger partial charge in [0, 0.05) is 6.54 Å². The van der Waals surface area contributed by atoms with Crippen molar-refractivity contribution in [2.75, 3.05) is 6.54 Å². The van der Waals surface area contributed by atoms with E-state index in [-0.39, 0.29) is 5.56 Å². The Bertz CT molecular complexity index is 376. The topological polar surface area (TPSA) is 35.8 Å². The highest BCUT2D eigenvalue weighted by molar-refractivity contribution is 5.27. The molecular weight excluding hydrogens is 198 g/mol. The maximum atomic E-state index is 13.3. The summed E-state index contributed by atoms with van der Waals surface area (Å²) in [5.41, 5.74) is -0.248. The summed E-state index contributed by atoms with van der Waals surface area (Å²) in [5, 5.41) is 11.4. The van der Waals surface area contributed by atoms with Crippen molar-refractivity contribution in [3.63, 3.8) is 0 Å². The zero-order valence-corrected chi connectivity index (χ0v) is 8.00. The van der Waals surface area contributed by atoms with Crippen molar-refractivity contribution in [1.82, 2.24) is 5.32 Å². The van der Waals surface area contributed by atoms with Gasteiger partial charge >= 0.3 is 0 Å². The van der Waals surface area contributed by atoms with Crippen molar-refractivity contribution in [3.8, 4) is 6.07 Å². The van der Waals surface area contributed by atoms with Gasteiger partial charge < -0.3 is 0 Å². The maximum Gasteiger partial charge on any atom is 0.131 e. The number of nitrogens with one attached hydrogen (secondary N) is 1. The standard InChI is InChI=1S/C11H10F2N2/c1-2-6-15-10(7-14)11-8(12)4-3-5-9(11)13/h2-5,10,15H,1,6H2. The predicted molar refractivity (Wildman–Crippen MR) is 52.9 cm³/mol. The fourth-order valence-electron chi connectivity index (χ4n) is 1.20. The molecule has 0 aromatic heterocycles. The molecule has 1 aromatic carbocycles. The van der Waals surface area contributed by atoms with Crippen molar-refractivity contribution in [1.29, 1.82) is 5.26 Å². The fraction of sp³-hybridized carbons (Fsp3) is 0.182. The van der Waals surface area contributed by atoms with Gasteiger partial charge in [0.2, 0.25) is 0 Å². The molecule has 0 aliphatic rings. The Hall–Kier alpha value is -1.73. The third-order valence-corrected chi connectivity index (χ3v) is 1.88. The highest BCUT2D eigenvalue weighted by Crippen LogP contribution is 2.19. The number of nitriles is 1. The monoisotopic (exact) mass is 208 g/mol. The van der Waals surface area contributed by atoms with Crippen LogP contribution in [0.2, 0.25) is 0 Å². The molecule has 78 valence electrons. The molecule has 0 saturated heterocycles. The van der Waals surface area contributed by atoms with Gasteiger partial charge in [-0.3, -0.25) is 5.32 Å². The molecule has 0 amide bonds. The van der Waals surface area contributed by atoms with Gasteiger partial charge in [0.05, 0.1) is 11.6 Å². The molecule has 1 aromatic rings. The highest BCUT2D eigenvalue weighted by atomic mass is 19.1. The van der Waals surface area contributed by atoms with Crippen LogP contribution in [0.15, 0.2) is 30.9 Å². The molecule has 0 aliphatic carbocycles. The highest BCUT2D eigenvalue weighted by Gasteiger charge is 2.18. The lowest BCUT2D eigenvalue weighted by Crippen LogP contribution is -2.22. The normalized spacial score (nSPS) is 11.8. The molecule has 0 heterocycles. The van der Waals surface area contributed by atoms with Gasteiger partial charge in [0.1, 0.15) is 17.7 Å². The van der Waals surface area contributed by atoms with E-state index in [1.54, 1.807) is 6.07 Å². The second-order valence-electron chi connectivity index (χ2n) is 2.89. The third kappa shape index (κ3) is 2.61. The smallest absolute Gasteiger partial charge is 0.131 e. The van der Waals surface area contributed by atoms with Crippen LogP contribution in [0.5, 0.6) is 0 Å². The van der Waals surface area contributed by atoms with Crippen LogP contribution in [-0.2, 0) is 0 Å². The van der Waals surface area contributed by atoms with Gasteiger partial charge in [-0.1, -0.05) is 12.1 Å². The van der Waals surface area contributed by atoms with Crippen LogP contribution < -0.4 is 5.32 Å². The van der Waals surface area contributed by atoms with E-state index in [0.29, 0.717) is 6.54 Å². The Morgan fingerprint density at radius 2 is 2.07 bits per heavy atom. The second kappa shape index (κ2) is 5.23. The first-order valence-corrected chi connectivity index (χ1v) is 4.38. The number of hydrogen-bond acceptors (Lipinski definition) is 2. The second-order valence-corrected chi connectivity index (χ2v) is 2.89. The summed E-state index contributed by atoms with van der Waals surface area (Å²) in [4.78, 5) is 0. The molecule has 1 rings (SSSR count). The summed E-state index contributed by atoms with van der Waals surface area (Å²) >= 11 is 0. The number of nitrogens with zero attached hydrogens (tertiary/aromatic N) is 1. The Morgan fingerprint density at radius 1 is 1.47 bits per heavy atom. The molecule has 15 heavy (non-hydrogen) atoms. The lowest BCUT2D eigenvalue weighted by atomic mass is 10.1. The van der Waals surface area contributed by atoms with Gasteiger partial charge in [0.25, 0.3) is 0 Å². The molecular formula is C11H10F2N2. The van der Waals surface area contributed by atoms with Gasteiger partial charge in [-0.25, -0.2) is 8.78 Å². The molecule has 0 bridgehead atoms. The Kier molecular flexibility index (Phi) is 3.95. The van der Waals surface area contributed by atoms with Crippen LogP contribution in [0.1, 0.15) is 11.6 Å². The molecule has 0 aliphatic heterocycles. The van der Waals surface area contributed by atoms with Crippen LogP contribution in [0, 0.1) is 23.0 Å². The van der Waals surface area contributed by atoms with E-state index in [2.05, 4.69) is 11.9 Å². The van der Waals surface area contributed by atoms with Crippen molar-refractivity contribution < 1.29 is 8.78 Å². The predicted octanol–water partition coefficient (Wildman–Crippen LogP) is 2.31. The molecule has 1 N–H and O–H groups in total. The van der Waals surface area contributed by atoms with Crippen molar-refractivity contribution >= 4 is 0 Å². The number of benzene rings is 1. The molecule has 0 spiro atoms. The number of hydrogen-bond donors (Lipinski definition) is 1. The van der Waals surface area contributed by atoms with Crippen LogP contribution in [0.3, 0.4) is 0 Å². The molecule has 0 saturated carbocycles. The van der Waals surface area contributed by atoms with E-state index in [1.807, 2.05) is 0 Å². The molecule has 0 fully saturated rings. The van der Waals surface area contributed by atoms with E-state index in [1.165, 1.54) is 12.1 Å². The van der Waals surface area contributed by atoms with Gasteiger partial charge in [-0.15, -0.1) is 6.58 Å². The van der Waals surface area contributed by atoms with E-state index in [0.717, 1.165) is 12.1 Å². The molecule has 0 radical (unpaired) electrons. The van der Waals surface area contributed by atoms with Gasteiger partial charge in [-0.05, 0) is 12.1 Å². The van der Waals surface area contributed by atoms with Crippen molar-refractivity contribution in [3.05, 3.63) is 48.1 Å². The van der Waals surface area contributed by atoms with Crippen LogP contribution >= 0.6 is 0 Å². The third-order valence-electron chi connectivity index (χ3n) is 1.88. The Balaban J connectivity index is 3.01. The summed E-state index contributed by atoms with van der Waals surface area (Å²) in [6.45, 7) is 3.76. The van der Waals surface area contributed by atoms with E-state index < -0.39 is 17.7 Å². The summed E-state index contributed by atoms with van der Waals surface area (Å²) in [7, 11) is 0. The minimum Gasteiger partial charge on any atom is -0.295 e. The van der Waals surface area contributed by atoms with Crippen molar-refractivity contribution in [2.45, 2.75) is 6.04 Å². The first-order chi connectivity index (χ1) is 7.20. The minimum atomic E-state index is -0.996. The van der Waals surface area contributed by atoms with Gasteiger partial charge in [-0.2, -0.15) is 5.26 Å². The summed E-state index contributed by atoms with van der Waals surface area (Å²) in [6.07, 6.45) is 1.52. The quantitative estimate of drug-likeness (QED) is 0.770. The fourth-order valence-corrected chi connectivity index (χ4v) is 1.20.